The van der Waals surface area contributed by atoms with E-state index in [4.69, 9.17) is 13.8 Å². The van der Waals surface area contributed by atoms with Gasteiger partial charge in [0.25, 0.3) is 0 Å². The zero-order valence-corrected chi connectivity index (χ0v) is 17.9. The van der Waals surface area contributed by atoms with E-state index in [2.05, 4.69) is 27.7 Å². The molecule has 1 fully saturated rings. The lowest BCUT2D eigenvalue weighted by atomic mass is 10.1. The van der Waals surface area contributed by atoms with Gasteiger partial charge in [0.1, 0.15) is 6.10 Å². The van der Waals surface area contributed by atoms with Crippen molar-refractivity contribution in [2.45, 2.75) is 78.1 Å². The van der Waals surface area contributed by atoms with Crippen LogP contribution in [0.2, 0.25) is 0 Å². The van der Waals surface area contributed by atoms with E-state index in [-0.39, 0.29) is 33.1 Å². The summed E-state index contributed by atoms with van der Waals surface area (Å²) in [6.45, 7) is 9.53. The second-order valence-corrected chi connectivity index (χ2v) is 10.7. The van der Waals surface area contributed by atoms with Gasteiger partial charge in [0, 0.05) is 22.7 Å². The fourth-order valence-corrected chi connectivity index (χ4v) is 7.03. The highest BCUT2D eigenvalue weighted by molar-refractivity contribution is 7.52. The molecule has 144 valence electrons. The molecular formula is C18H38O4P2. The van der Waals surface area contributed by atoms with E-state index in [1.807, 2.05) is 0 Å². The van der Waals surface area contributed by atoms with Crippen LogP contribution in [0.15, 0.2) is 0 Å². The first-order valence-electron chi connectivity index (χ1n) is 9.74. The van der Waals surface area contributed by atoms with Crippen LogP contribution in [0, 0.1) is 0 Å². The molecule has 0 aromatic rings. The highest BCUT2D eigenvalue weighted by Crippen LogP contribution is 2.44. The molecule has 1 rings (SSSR count). The van der Waals surface area contributed by atoms with Crippen molar-refractivity contribution in [3.05, 3.63) is 0 Å². The summed E-state index contributed by atoms with van der Waals surface area (Å²) in [4.78, 5) is 0. The minimum atomic E-state index is -0.441. The maximum absolute atomic E-state index is 9.78. The maximum Gasteiger partial charge on any atom is 0.111 e. The lowest BCUT2D eigenvalue weighted by Gasteiger charge is -2.27. The zero-order chi connectivity index (χ0) is 17.8. The van der Waals surface area contributed by atoms with Crippen LogP contribution in [-0.2, 0) is 13.8 Å². The maximum atomic E-state index is 9.78. The van der Waals surface area contributed by atoms with Crippen LogP contribution < -0.4 is 0 Å². The van der Waals surface area contributed by atoms with Crippen molar-refractivity contribution in [2.75, 3.05) is 37.9 Å². The molecule has 1 aliphatic rings. The molecule has 1 N–H and O–H groups in total. The standard InChI is InChI=1S/C18H38O4P2/c1-5-9-23(10-6-2)21-16-13-17(20-15-16)18(14-19)22-24(11-7-3)12-8-4/h16-19H,5-15H2,1-4H3. The number of ether oxygens (including phenoxy) is 1. The van der Waals surface area contributed by atoms with Gasteiger partial charge in [0.15, 0.2) is 0 Å². The monoisotopic (exact) mass is 380 g/mol. The largest absolute Gasteiger partial charge is 0.394 e. The van der Waals surface area contributed by atoms with E-state index in [0.29, 0.717) is 6.61 Å². The lowest BCUT2D eigenvalue weighted by molar-refractivity contribution is -0.0104. The Kier molecular flexibility index (Phi) is 13.1. The summed E-state index contributed by atoms with van der Waals surface area (Å²) in [7, 11) is -0.763. The summed E-state index contributed by atoms with van der Waals surface area (Å²) in [5.41, 5.74) is 0. The molecule has 1 aliphatic heterocycles. The third kappa shape index (κ3) is 8.39. The first-order chi connectivity index (χ1) is 11.7. The van der Waals surface area contributed by atoms with Gasteiger partial charge in [0.05, 0.1) is 25.4 Å². The second kappa shape index (κ2) is 13.8. The Morgan fingerprint density at radius 3 is 2.00 bits per heavy atom. The molecule has 0 aromatic carbocycles. The molecule has 24 heavy (non-hydrogen) atoms. The van der Waals surface area contributed by atoms with Crippen molar-refractivity contribution in [3.8, 4) is 0 Å². The van der Waals surface area contributed by atoms with Crippen LogP contribution in [0.5, 0.6) is 0 Å². The van der Waals surface area contributed by atoms with Crippen LogP contribution >= 0.6 is 16.3 Å². The van der Waals surface area contributed by atoms with Gasteiger partial charge in [-0.05, 0) is 24.6 Å². The fraction of sp³-hybridized carbons (Fsp3) is 1.00. The molecule has 3 atom stereocenters. The molecule has 0 radical (unpaired) electrons. The number of rotatable bonds is 14. The number of aliphatic hydroxyl groups is 1. The highest BCUT2D eigenvalue weighted by Gasteiger charge is 2.35. The Labute approximate surface area is 151 Å². The van der Waals surface area contributed by atoms with Crippen molar-refractivity contribution in [1.82, 2.24) is 0 Å². The van der Waals surface area contributed by atoms with Gasteiger partial charge >= 0.3 is 0 Å². The summed E-state index contributed by atoms with van der Waals surface area (Å²) in [6, 6.07) is 0. The van der Waals surface area contributed by atoms with Crippen molar-refractivity contribution in [1.29, 1.82) is 0 Å². The van der Waals surface area contributed by atoms with E-state index in [1.54, 1.807) is 0 Å². The summed E-state index contributed by atoms with van der Waals surface area (Å²) in [5, 5.41) is 9.78. The van der Waals surface area contributed by atoms with Gasteiger partial charge in [-0.15, -0.1) is 0 Å². The van der Waals surface area contributed by atoms with Crippen molar-refractivity contribution in [3.63, 3.8) is 0 Å². The minimum Gasteiger partial charge on any atom is -0.394 e. The molecule has 1 heterocycles. The Morgan fingerprint density at radius 1 is 0.958 bits per heavy atom. The van der Waals surface area contributed by atoms with Gasteiger partial charge in [-0.3, -0.25) is 0 Å². The molecular weight excluding hydrogens is 342 g/mol. The molecule has 1 saturated heterocycles. The zero-order valence-electron chi connectivity index (χ0n) is 16.1. The van der Waals surface area contributed by atoms with E-state index >= 15 is 0 Å². The predicted molar refractivity (Wildman–Crippen MR) is 106 cm³/mol. The van der Waals surface area contributed by atoms with Crippen molar-refractivity contribution in [2.24, 2.45) is 0 Å². The number of hydrogen-bond donors (Lipinski definition) is 1. The summed E-state index contributed by atoms with van der Waals surface area (Å²) in [6.07, 6.45) is 10.1. The molecule has 0 aliphatic carbocycles. The van der Waals surface area contributed by atoms with Gasteiger partial charge in [-0.25, -0.2) is 0 Å². The van der Waals surface area contributed by atoms with Crippen LogP contribution in [0.3, 0.4) is 0 Å². The van der Waals surface area contributed by atoms with Crippen LogP contribution in [-0.4, -0.2) is 61.3 Å². The minimum absolute atomic E-state index is 0.0150. The highest BCUT2D eigenvalue weighted by atomic mass is 31.1. The Bertz CT molecular complexity index is 295. The van der Waals surface area contributed by atoms with Gasteiger partial charge in [-0.1, -0.05) is 53.4 Å². The van der Waals surface area contributed by atoms with Gasteiger partial charge < -0.3 is 18.9 Å². The van der Waals surface area contributed by atoms with Crippen LogP contribution in [0.1, 0.15) is 59.8 Å². The fourth-order valence-electron chi connectivity index (χ4n) is 3.01. The van der Waals surface area contributed by atoms with E-state index in [1.165, 1.54) is 25.2 Å². The topological polar surface area (TPSA) is 47.9 Å². The molecule has 0 saturated carbocycles. The van der Waals surface area contributed by atoms with E-state index in [0.717, 1.165) is 31.6 Å². The van der Waals surface area contributed by atoms with Crippen molar-refractivity contribution < 1.29 is 18.9 Å². The molecule has 0 bridgehead atoms. The number of aliphatic hydroxyl groups excluding tert-OH is 1. The average molecular weight is 380 g/mol. The van der Waals surface area contributed by atoms with Crippen LogP contribution in [0.25, 0.3) is 0 Å². The Balaban J connectivity index is 2.48. The quantitative estimate of drug-likeness (QED) is 0.432. The summed E-state index contributed by atoms with van der Waals surface area (Å²) >= 11 is 0. The smallest absolute Gasteiger partial charge is 0.111 e. The van der Waals surface area contributed by atoms with Gasteiger partial charge in [-0.2, -0.15) is 0 Å². The van der Waals surface area contributed by atoms with Crippen molar-refractivity contribution >= 4 is 16.3 Å². The van der Waals surface area contributed by atoms with E-state index < -0.39 is 8.15 Å². The molecule has 6 heteroatoms. The SMILES string of the molecule is CCCP(CCC)OC1COC(C(CO)OP(CCC)CCC)C1. The Morgan fingerprint density at radius 2 is 1.50 bits per heavy atom. The first kappa shape index (κ1) is 22.7. The predicted octanol–water partition coefficient (Wildman–Crippen LogP) is 4.97. The summed E-state index contributed by atoms with van der Waals surface area (Å²) in [5.74, 6) is 0. The lowest BCUT2D eigenvalue weighted by Crippen LogP contribution is -2.31. The molecule has 0 amide bonds. The third-order valence-electron chi connectivity index (χ3n) is 4.06. The average Bonchev–Trinajstić information content (AvgIpc) is 3.01. The number of hydrogen-bond acceptors (Lipinski definition) is 4. The van der Waals surface area contributed by atoms with Gasteiger partial charge in [0.2, 0.25) is 0 Å². The molecule has 4 nitrogen and oxygen atoms in total. The Hall–Kier alpha value is 0.700. The third-order valence-corrected chi connectivity index (χ3v) is 9.01. The first-order valence-corrected chi connectivity index (χ1v) is 13.0. The second-order valence-electron chi connectivity index (χ2n) is 6.52. The van der Waals surface area contributed by atoms with E-state index in [9.17, 15) is 5.11 Å². The normalized spacial score (nSPS) is 22.6. The summed E-state index contributed by atoms with van der Waals surface area (Å²) < 4.78 is 18.5. The molecule has 3 unspecified atom stereocenters. The molecule has 0 spiro atoms. The molecule has 0 aromatic heterocycles. The van der Waals surface area contributed by atoms with Crippen LogP contribution in [0.4, 0.5) is 0 Å².